The van der Waals surface area contributed by atoms with E-state index in [-0.39, 0.29) is 11.3 Å². The summed E-state index contributed by atoms with van der Waals surface area (Å²) in [6, 6.07) is 12.6. The van der Waals surface area contributed by atoms with Gasteiger partial charge in [0.05, 0.1) is 22.7 Å². The van der Waals surface area contributed by atoms with Gasteiger partial charge in [0.1, 0.15) is 0 Å². The summed E-state index contributed by atoms with van der Waals surface area (Å²) in [7, 11) is 1.47. The molecule has 0 saturated carbocycles. The van der Waals surface area contributed by atoms with Crippen LogP contribution in [0.3, 0.4) is 0 Å². The van der Waals surface area contributed by atoms with Gasteiger partial charge >= 0.3 is 5.97 Å². The maximum atomic E-state index is 12.9. The Hall–Kier alpha value is -3.39. The minimum atomic E-state index is -1.09. The molecule has 0 aliphatic heterocycles. The number of carboxylic acid groups (broad SMARTS) is 1. The predicted octanol–water partition coefficient (Wildman–Crippen LogP) is 2.32. The number of aliphatic carboxylic acids is 1. The molecule has 2 heterocycles. The molecule has 28 heavy (non-hydrogen) atoms. The highest BCUT2D eigenvalue weighted by molar-refractivity contribution is 7.15. The third kappa shape index (κ3) is 2.97. The van der Waals surface area contributed by atoms with Crippen LogP contribution in [0.5, 0.6) is 11.5 Å². The fourth-order valence-electron chi connectivity index (χ4n) is 2.91. The number of imidazole rings is 1. The summed E-state index contributed by atoms with van der Waals surface area (Å²) in [5, 5.41) is 9.16. The molecule has 0 spiro atoms. The number of carbonyl (C=O) groups is 1. The summed E-state index contributed by atoms with van der Waals surface area (Å²) >= 11 is 1.26. The van der Waals surface area contributed by atoms with Crippen LogP contribution in [0.1, 0.15) is 12.5 Å². The van der Waals surface area contributed by atoms with Crippen molar-refractivity contribution in [2.75, 3.05) is 7.11 Å². The summed E-state index contributed by atoms with van der Waals surface area (Å²) in [6.45, 7) is 1.43. The molecule has 0 aliphatic carbocycles. The average Bonchev–Trinajstić information content (AvgIpc) is 3.19. The fourth-order valence-corrected chi connectivity index (χ4v) is 3.89. The lowest BCUT2D eigenvalue weighted by Gasteiger charge is -2.15. The molecule has 0 amide bonds. The Morgan fingerprint density at radius 3 is 2.79 bits per heavy atom. The van der Waals surface area contributed by atoms with Crippen LogP contribution in [0.4, 0.5) is 0 Å². The highest BCUT2D eigenvalue weighted by Crippen LogP contribution is 2.32. The topological polar surface area (TPSA) is 90.1 Å². The van der Waals surface area contributed by atoms with Gasteiger partial charge in [-0.25, -0.2) is 14.2 Å². The summed E-state index contributed by atoms with van der Waals surface area (Å²) in [5.41, 5.74) is 1.88. The van der Waals surface area contributed by atoms with E-state index in [1.54, 1.807) is 28.7 Å². The fraction of sp³-hybridized carbons (Fsp3) is 0.150. The number of methoxy groups -OCH3 is 1. The van der Waals surface area contributed by atoms with Crippen molar-refractivity contribution >= 4 is 39.4 Å². The number of carboxylic acids is 1. The van der Waals surface area contributed by atoms with Crippen molar-refractivity contribution in [3.05, 3.63) is 62.9 Å². The molecule has 1 atom stereocenters. The summed E-state index contributed by atoms with van der Waals surface area (Å²) in [4.78, 5) is 29.2. The third-order valence-electron chi connectivity index (χ3n) is 4.30. The first-order valence-corrected chi connectivity index (χ1v) is 9.29. The van der Waals surface area contributed by atoms with Crippen molar-refractivity contribution in [2.24, 2.45) is 0 Å². The van der Waals surface area contributed by atoms with Gasteiger partial charge in [0.2, 0.25) is 0 Å². The molecule has 0 aliphatic rings. The normalized spacial score (nSPS) is 13.1. The first kappa shape index (κ1) is 18.0. The zero-order valence-electron chi connectivity index (χ0n) is 15.1. The molecule has 0 fully saturated rings. The number of hydrogen-bond acceptors (Lipinski definition) is 6. The molecular weight excluding hydrogens is 380 g/mol. The highest BCUT2D eigenvalue weighted by Gasteiger charge is 2.18. The van der Waals surface area contributed by atoms with Crippen LogP contribution in [0.2, 0.25) is 0 Å². The lowest BCUT2D eigenvalue weighted by atomic mass is 10.1. The lowest BCUT2D eigenvalue weighted by molar-refractivity contribution is -0.144. The Morgan fingerprint density at radius 1 is 1.25 bits per heavy atom. The van der Waals surface area contributed by atoms with E-state index >= 15 is 0 Å². The Bertz CT molecular complexity index is 1310. The molecule has 8 heteroatoms. The van der Waals surface area contributed by atoms with Crippen LogP contribution in [0.25, 0.3) is 22.1 Å². The van der Waals surface area contributed by atoms with E-state index in [0.717, 1.165) is 11.0 Å². The lowest BCUT2D eigenvalue weighted by Crippen LogP contribution is -2.24. The number of benzene rings is 2. The standard InChI is InChI=1S/C20H16N2O5S/c1-11(19(24)25)27-17-12(6-5-9-15(17)26-2)10-16-18(23)22-14-8-4-3-7-13(14)21-20(22)28-16/h3-11H,1-2H3,(H,24,25)/b16-10+. The van der Waals surface area contributed by atoms with E-state index in [2.05, 4.69) is 4.98 Å². The summed E-state index contributed by atoms with van der Waals surface area (Å²) < 4.78 is 12.9. The Morgan fingerprint density at radius 2 is 2.04 bits per heavy atom. The van der Waals surface area contributed by atoms with E-state index in [1.165, 1.54) is 25.4 Å². The van der Waals surface area contributed by atoms with Crippen LogP contribution >= 0.6 is 11.3 Å². The van der Waals surface area contributed by atoms with Gasteiger partial charge < -0.3 is 14.6 Å². The van der Waals surface area contributed by atoms with Crippen LogP contribution in [-0.4, -0.2) is 33.7 Å². The quantitative estimate of drug-likeness (QED) is 0.557. The molecule has 0 radical (unpaired) electrons. The Labute approximate surface area is 163 Å². The van der Waals surface area contributed by atoms with Gasteiger partial charge in [-0.2, -0.15) is 0 Å². The van der Waals surface area contributed by atoms with E-state index < -0.39 is 12.1 Å². The molecule has 7 nitrogen and oxygen atoms in total. The van der Waals surface area contributed by atoms with Gasteiger partial charge in [0, 0.05) is 5.56 Å². The zero-order chi connectivity index (χ0) is 19.8. The number of fused-ring (bicyclic) bond motifs is 3. The Kier molecular flexibility index (Phi) is 4.48. The van der Waals surface area contributed by atoms with Crippen molar-refractivity contribution in [3.8, 4) is 11.5 Å². The third-order valence-corrected chi connectivity index (χ3v) is 5.27. The molecule has 1 unspecified atom stereocenters. The Balaban J connectivity index is 1.90. The highest BCUT2D eigenvalue weighted by atomic mass is 32.1. The van der Waals surface area contributed by atoms with Gasteiger partial charge in [0.25, 0.3) is 5.56 Å². The van der Waals surface area contributed by atoms with Gasteiger partial charge in [-0.3, -0.25) is 4.79 Å². The number of para-hydroxylation sites is 3. The molecule has 2 aromatic heterocycles. The number of rotatable bonds is 5. The van der Waals surface area contributed by atoms with Crippen molar-refractivity contribution in [3.63, 3.8) is 0 Å². The second-order valence-electron chi connectivity index (χ2n) is 6.11. The first-order valence-electron chi connectivity index (χ1n) is 8.48. The molecular formula is C20H16N2O5S. The maximum Gasteiger partial charge on any atom is 0.344 e. The SMILES string of the molecule is COc1cccc(/C=c2/sc3nc4ccccc4n3c2=O)c1OC(C)C(=O)O. The zero-order valence-corrected chi connectivity index (χ0v) is 15.9. The number of hydrogen-bond donors (Lipinski definition) is 1. The minimum Gasteiger partial charge on any atom is -0.493 e. The van der Waals surface area contributed by atoms with E-state index in [1.807, 2.05) is 24.3 Å². The second kappa shape index (κ2) is 6.97. The van der Waals surface area contributed by atoms with Crippen LogP contribution in [-0.2, 0) is 4.79 Å². The smallest absolute Gasteiger partial charge is 0.344 e. The van der Waals surface area contributed by atoms with Gasteiger partial charge in [-0.15, -0.1) is 0 Å². The van der Waals surface area contributed by atoms with Gasteiger partial charge in [-0.1, -0.05) is 35.6 Å². The van der Waals surface area contributed by atoms with Gasteiger partial charge in [0.15, 0.2) is 22.6 Å². The number of thiazole rings is 1. The van der Waals surface area contributed by atoms with Crippen molar-refractivity contribution in [2.45, 2.75) is 13.0 Å². The molecule has 4 rings (SSSR count). The largest absolute Gasteiger partial charge is 0.493 e. The first-order chi connectivity index (χ1) is 13.5. The van der Waals surface area contributed by atoms with E-state index in [4.69, 9.17) is 14.6 Å². The van der Waals surface area contributed by atoms with Crippen molar-refractivity contribution < 1.29 is 19.4 Å². The molecule has 142 valence electrons. The summed E-state index contributed by atoms with van der Waals surface area (Å²) in [6.07, 6.45) is 0.600. The van der Waals surface area contributed by atoms with Crippen LogP contribution in [0, 0.1) is 0 Å². The monoisotopic (exact) mass is 396 g/mol. The number of ether oxygens (including phenoxy) is 2. The van der Waals surface area contributed by atoms with Crippen molar-refractivity contribution in [1.82, 2.24) is 9.38 Å². The molecule has 0 bridgehead atoms. The second-order valence-corrected chi connectivity index (χ2v) is 7.12. The predicted molar refractivity (Wildman–Crippen MR) is 106 cm³/mol. The van der Waals surface area contributed by atoms with E-state index in [0.29, 0.717) is 20.8 Å². The van der Waals surface area contributed by atoms with Crippen molar-refractivity contribution in [1.29, 1.82) is 0 Å². The minimum absolute atomic E-state index is 0.186. The molecule has 4 aromatic rings. The van der Waals surface area contributed by atoms with Crippen LogP contribution in [0.15, 0.2) is 47.3 Å². The molecule has 2 aromatic carbocycles. The van der Waals surface area contributed by atoms with Crippen LogP contribution < -0.4 is 19.6 Å². The molecule has 1 N–H and O–H groups in total. The average molecular weight is 396 g/mol. The maximum absolute atomic E-state index is 12.9. The summed E-state index contributed by atoms with van der Waals surface area (Å²) in [5.74, 6) is -0.432. The van der Waals surface area contributed by atoms with Gasteiger partial charge in [-0.05, 0) is 31.2 Å². The molecule has 0 saturated heterocycles. The van der Waals surface area contributed by atoms with E-state index in [9.17, 15) is 9.59 Å². The number of aromatic nitrogens is 2. The number of nitrogens with zero attached hydrogens (tertiary/aromatic N) is 2.